The first-order valence-corrected chi connectivity index (χ1v) is 10.2. The van der Waals surface area contributed by atoms with E-state index in [1.165, 1.54) is 23.0 Å². The van der Waals surface area contributed by atoms with Gasteiger partial charge in [0.15, 0.2) is 11.9 Å². The van der Waals surface area contributed by atoms with Crippen LogP contribution >= 0.6 is 11.3 Å². The zero-order valence-corrected chi connectivity index (χ0v) is 17.4. The highest BCUT2D eigenvalue weighted by Gasteiger charge is 2.42. The Hall–Kier alpha value is -3.32. The number of nitrogens with two attached hydrogens (primary N) is 1. The number of aliphatic imine (C=N–C) groups is 1. The predicted octanol–water partition coefficient (Wildman–Crippen LogP) is 3.15. The maximum atomic E-state index is 14.6. The van der Waals surface area contributed by atoms with Crippen LogP contribution in [0, 0.1) is 28.4 Å². The molecule has 2 unspecified atom stereocenters. The van der Waals surface area contributed by atoms with Crippen molar-refractivity contribution >= 4 is 24.0 Å². The molecule has 0 amide bonds. The summed E-state index contributed by atoms with van der Waals surface area (Å²) in [4.78, 5) is 8.88. The standard InChI is InChI=1S/C22H19F2N5OS/c1-14(21-29-10-20(31-21)16-4-2-15(9-25)3-5-16)22(30,11-27-13-28-12-26)18-8-17(23)6-7-19(18)24/h2-8,10,12-14,30H,11H2,1H3,(H2,26,27,28)/p+1. The van der Waals surface area contributed by atoms with Crippen molar-refractivity contribution in [1.29, 1.82) is 10.7 Å². The van der Waals surface area contributed by atoms with Crippen molar-refractivity contribution in [3.63, 3.8) is 0 Å². The van der Waals surface area contributed by atoms with E-state index < -0.39 is 23.2 Å². The molecule has 0 saturated heterocycles. The van der Waals surface area contributed by atoms with Crippen LogP contribution in [0.25, 0.3) is 10.4 Å². The average Bonchev–Trinajstić information content (AvgIpc) is 3.28. The topological polar surface area (TPSA) is 110 Å². The lowest BCUT2D eigenvalue weighted by atomic mass is 9.82. The van der Waals surface area contributed by atoms with Gasteiger partial charge in [-0.15, -0.1) is 11.3 Å². The molecule has 1 aromatic heterocycles. The lowest BCUT2D eigenvalue weighted by Gasteiger charge is -2.31. The van der Waals surface area contributed by atoms with Gasteiger partial charge in [-0.1, -0.05) is 19.1 Å². The zero-order chi connectivity index (χ0) is 22.4. The Labute approximate surface area is 182 Å². The Morgan fingerprint density at radius 1 is 1.32 bits per heavy atom. The molecule has 1 heterocycles. The molecule has 0 aliphatic carbocycles. The SMILES string of the molecule is CC(c1ncc(-c2ccc(C#N)cc2)s1)C(O)(C[NH2+]C=NC=N)c1cc(F)ccc1F. The highest BCUT2D eigenvalue weighted by Crippen LogP contribution is 2.40. The number of nitrogens with zero attached hydrogens (tertiary/aromatic N) is 3. The number of hydrogen-bond acceptors (Lipinski definition) is 5. The molecule has 0 radical (unpaired) electrons. The number of quaternary nitrogens is 1. The number of nitriles is 1. The third kappa shape index (κ3) is 4.88. The molecular weight excluding hydrogens is 420 g/mol. The molecule has 0 aliphatic heterocycles. The summed E-state index contributed by atoms with van der Waals surface area (Å²) < 4.78 is 28.5. The molecule has 0 aliphatic rings. The Balaban J connectivity index is 1.98. The first kappa shape index (κ1) is 22.4. The molecule has 6 nitrogen and oxygen atoms in total. The third-order valence-electron chi connectivity index (χ3n) is 5.00. The van der Waals surface area contributed by atoms with Gasteiger partial charge in [0.1, 0.15) is 24.5 Å². The number of aliphatic hydroxyl groups is 1. The van der Waals surface area contributed by atoms with Crippen LogP contribution in [0.4, 0.5) is 8.78 Å². The average molecular weight is 440 g/mol. The summed E-state index contributed by atoms with van der Waals surface area (Å²) in [5.74, 6) is -2.06. The van der Waals surface area contributed by atoms with Crippen molar-refractivity contribution in [3.05, 3.63) is 76.4 Å². The normalized spacial score (nSPS) is 14.2. The van der Waals surface area contributed by atoms with E-state index >= 15 is 0 Å². The fourth-order valence-corrected chi connectivity index (χ4v) is 4.28. The van der Waals surface area contributed by atoms with Crippen LogP contribution in [0.15, 0.2) is 53.7 Å². The minimum atomic E-state index is -1.79. The van der Waals surface area contributed by atoms with Gasteiger partial charge in [-0.3, -0.25) is 5.41 Å². The van der Waals surface area contributed by atoms with Crippen molar-refractivity contribution in [1.82, 2.24) is 4.98 Å². The number of hydrogen-bond donors (Lipinski definition) is 3. The van der Waals surface area contributed by atoms with Gasteiger partial charge in [0.25, 0.3) is 0 Å². The molecule has 0 spiro atoms. The van der Waals surface area contributed by atoms with Crippen LogP contribution in [-0.2, 0) is 5.60 Å². The van der Waals surface area contributed by atoms with Crippen molar-refractivity contribution in [2.75, 3.05) is 6.54 Å². The Kier molecular flexibility index (Phi) is 6.97. The molecule has 31 heavy (non-hydrogen) atoms. The highest BCUT2D eigenvalue weighted by molar-refractivity contribution is 7.15. The molecule has 0 bridgehead atoms. The number of aromatic nitrogens is 1. The number of benzene rings is 2. The van der Waals surface area contributed by atoms with E-state index in [1.54, 1.807) is 37.4 Å². The van der Waals surface area contributed by atoms with Gasteiger partial charge >= 0.3 is 0 Å². The Bertz CT molecular complexity index is 1140. The van der Waals surface area contributed by atoms with Crippen LogP contribution in [0.5, 0.6) is 0 Å². The molecule has 0 fully saturated rings. The Morgan fingerprint density at radius 3 is 2.74 bits per heavy atom. The summed E-state index contributed by atoms with van der Waals surface area (Å²) in [7, 11) is 0. The second-order valence-corrected chi connectivity index (χ2v) is 7.95. The van der Waals surface area contributed by atoms with Gasteiger partial charge < -0.3 is 10.4 Å². The minimum Gasteiger partial charge on any atom is -0.378 e. The summed E-state index contributed by atoms with van der Waals surface area (Å²) in [5.41, 5.74) is -0.560. The third-order valence-corrected chi connectivity index (χ3v) is 6.23. The summed E-state index contributed by atoms with van der Waals surface area (Å²) in [6, 6.07) is 12.1. The second kappa shape index (κ2) is 9.66. The monoisotopic (exact) mass is 440 g/mol. The molecule has 0 saturated carbocycles. The van der Waals surface area contributed by atoms with Gasteiger partial charge in [-0.05, 0) is 35.9 Å². The van der Waals surface area contributed by atoms with E-state index in [1.807, 2.05) is 0 Å². The van der Waals surface area contributed by atoms with Crippen LogP contribution < -0.4 is 5.32 Å². The van der Waals surface area contributed by atoms with E-state index in [9.17, 15) is 13.9 Å². The van der Waals surface area contributed by atoms with Crippen LogP contribution in [-0.4, -0.2) is 29.3 Å². The van der Waals surface area contributed by atoms with Crippen LogP contribution in [0.2, 0.25) is 0 Å². The smallest absolute Gasteiger partial charge is 0.188 e. The molecule has 2 aromatic carbocycles. The van der Waals surface area contributed by atoms with Crippen LogP contribution in [0.3, 0.4) is 0 Å². The van der Waals surface area contributed by atoms with Gasteiger partial charge in [0.05, 0.1) is 21.5 Å². The van der Waals surface area contributed by atoms with Crippen LogP contribution in [0.1, 0.15) is 29.0 Å². The first-order chi connectivity index (χ1) is 14.9. The number of nitrogens with one attached hydrogen (secondary N) is 1. The largest absolute Gasteiger partial charge is 0.378 e. The molecule has 2 atom stereocenters. The maximum Gasteiger partial charge on any atom is 0.188 e. The van der Waals surface area contributed by atoms with Gasteiger partial charge in [0.2, 0.25) is 0 Å². The van der Waals surface area contributed by atoms with Crippen molar-refractivity contribution in [2.45, 2.75) is 18.4 Å². The fraction of sp³-hybridized carbons (Fsp3) is 0.182. The zero-order valence-electron chi connectivity index (χ0n) is 16.6. The molecule has 4 N–H and O–H groups in total. The second-order valence-electron chi connectivity index (χ2n) is 6.89. The molecule has 3 aromatic rings. The van der Waals surface area contributed by atoms with E-state index in [-0.39, 0.29) is 12.1 Å². The van der Waals surface area contributed by atoms with Crippen molar-refractivity contribution < 1.29 is 19.2 Å². The number of halogens is 2. The minimum absolute atomic E-state index is 0.0579. The predicted molar refractivity (Wildman–Crippen MR) is 115 cm³/mol. The molecule has 158 valence electrons. The molecule has 3 rings (SSSR count). The lowest BCUT2D eigenvalue weighted by Crippen LogP contribution is -2.86. The summed E-state index contributed by atoms with van der Waals surface area (Å²) in [6.07, 6.45) is 3.82. The van der Waals surface area contributed by atoms with E-state index in [4.69, 9.17) is 10.7 Å². The van der Waals surface area contributed by atoms with Crippen molar-refractivity contribution in [3.8, 4) is 16.5 Å². The van der Waals surface area contributed by atoms with E-state index in [0.29, 0.717) is 10.6 Å². The number of thiazole rings is 1. The fourth-order valence-electron chi connectivity index (χ4n) is 3.22. The quantitative estimate of drug-likeness (QED) is 0.370. The lowest BCUT2D eigenvalue weighted by molar-refractivity contribution is -0.552. The Morgan fingerprint density at radius 2 is 2.06 bits per heavy atom. The van der Waals surface area contributed by atoms with Crippen molar-refractivity contribution in [2.24, 2.45) is 4.99 Å². The molecule has 9 heteroatoms. The highest BCUT2D eigenvalue weighted by atomic mass is 32.1. The van der Waals surface area contributed by atoms with E-state index in [2.05, 4.69) is 16.0 Å². The maximum absolute atomic E-state index is 14.6. The van der Waals surface area contributed by atoms with Gasteiger partial charge in [-0.25, -0.2) is 13.8 Å². The summed E-state index contributed by atoms with van der Waals surface area (Å²) >= 11 is 1.33. The summed E-state index contributed by atoms with van der Waals surface area (Å²) in [6.45, 7) is 1.64. The number of rotatable bonds is 8. The first-order valence-electron chi connectivity index (χ1n) is 9.37. The van der Waals surface area contributed by atoms with Gasteiger partial charge in [-0.2, -0.15) is 10.3 Å². The summed E-state index contributed by atoms with van der Waals surface area (Å²) in [5, 5.41) is 29.5. The van der Waals surface area contributed by atoms with E-state index in [0.717, 1.165) is 35.0 Å². The molecular formula is C22H20F2N5OS+. The van der Waals surface area contributed by atoms with Gasteiger partial charge in [0, 0.05) is 17.7 Å².